The van der Waals surface area contributed by atoms with Gasteiger partial charge in [-0.25, -0.2) is 0 Å². The zero-order chi connectivity index (χ0) is 13.7. The predicted octanol–water partition coefficient (Wildman–Crippen LogP) is 3.47. The summed E-state index contributed by atoms with van der Waals surface area (Å²) in [6.07, 6.45) is 5.25. The fraction of sp³-hybridized carbons (Fsp3) is 0.625. The minimum Gasteiger partial charge on any atom is -0.396 e. The summed E-state index contributed by atoms with van der Waals surface area (Å²) in [5, 5.41) is 20.0. The van der Waals surface area contributed by atoms with Gasteiger partial charge in [-0.15, -0.1) is 11.8 Å². The summed E-state index contributed by atoms with van der Waals surface area (Å²) in [5.74, 6) is -0.0608. The maximum absolute atomic E-state index is 10.7. The quantitative estimate of drug-likeness (QED) is 0.867. The molecule has 0 saturated heterocycles. The summed E-state index contributed by atoms with van der Waals surface area (Å²) >= 11 is 1.80. The standard InChI is InChI=1S/C16H24O2S/c1-13(12-17)15(18)16(10-6-3-7-11-16)19-14-8-4-2-5-9-14/h2,4-5,8-9,13,15,17-18H,3,6-7,10-12H2,1H3/t13-,15+/m1/s1. The fourth-order valence-electron chi connectivity index (χ4n) is 2.95. The van der Waals surface area contributed by atoms with Crippen molar-refractivity contribution in [2.75, 3.05) is 6.61 Å². The molecule has 1 saturated carbocycles. The third kappa shape index (κ3) is 3.53. The lowest BCUT2D eigenvalue weighted by Crippen LogP contribution is -2.45. The van der Waals surface area contributed by atoms with Crippen LogP contribution in [0.15, 0.2) is 35.2 Å². The molecule has 0 heterocycles. The molecule has 19 heavy (non-hydrogen) atoms. The molecule has 2 rings (SSSR count). The number of hydrogen-bond donors (Lipinski definition) is 2. The molecule has 0 aromatic heterocycles. The smallest absolute Gasteiger partial charge is 0.0737 e. The van der Waals surface area contributed by atoms with Gasteiger partial charge < -0.3 is 10.2 Å². The van der Waals surface area contributed by atoms with Crippen LogP contribution in [0.2, 0.25) is 0 Å². The maximum atomic E-state index is 10.7. The van der Waals surface area contributed by atoms with E-state index in [4.69, 9.17) is 0 Å². The molecule has 0 radical (unpaired) electrons. The molecule has 1 aromatic carbocycles. The zero-order valence-electron chi connectivity index (χ0n) is 11.6. The van der Waals surface area contributed by atoms with E-state index in [0.717, 1.165) is 12.8 Å². The van der Waals surface area contributed by atoms with Gasteiger partial charge in [0.05, 0.1) is 6.10 Å². The number of aliphatic hydroxyl groups excluding tert-OH is 2. The lowest BCUT2D eigenvalue weighted by atomic mass is 9.80. The molecule has 0 bridgehead atoms. The number of aliphatic hydroxyl groups is 2. The Morgan fingerprint density at radius 3 is 2.37 bits per heavy atom. The van der Waals surface area contributed by atoms with E-state index in [-0.39, 0.29) is 17.3 Å². The summed E-state index contributed by atoms with van der Waals surface area (Å²) in [5.41, 5.74) is 0. The summed E-state index contributed by atoms with van der Waals surface area (Å²) in [4.78, 5) is 1.22. The van der Waals surface area contributed by atoms with Gasteiger partial charge in [0.25, 0.3) is 0 Å². The normalized spacial score (nSPS) is 21.8. The molecule has 0 aliphatic heterocycles. The maximum Gasteiger partial charge on any atom is 0.0737 e. The first-order chi connectivity index (χ1) is 9.18. The summed E-state index contributed by atoms with van der Waals surface area (Å²) in [7, 11) is 0. The molecule has 1 aliphatic carbocycles. The van der Waals surface area contributed by atoms with Crippen LogP contribution in [-0.2, 0) is 0 Å². The molecule has 2 atom stereocenters. The first kappa shape index (κ1) is 14.9. The Kier molecular flexibility index (Phi) is 5.31. The Morgan fingerprint density at radius 2 is 1.79 bits per heavy atom. The summed E-state index contributed by atoms with van der Waals surface area (Å²) < 4.78 is -0.123. The Hall–Kier alpha value is -0.510. The number of benzene rings is 1. The molecule has 2 nitrogen and oxygen atoms in total. The summed E-state index contributed by atoms with van der Waals surface area (Å²) in [6, 6.07) is 10.3. The molecule has 106 valence electrons. The molecule has 2 N–H and O–H groups in total. The molecule has 1 fully saturated rings. The Balaban J connectivity index is 2.19. The van der Waals surface area contributed by atoms with Crippen LogP contribution < -0.4 is 0 Å². The van der Waals surface area contributed by atoms with Gasteiger partial charge in [-0.1, -0.05) is 44.4 Å². The topological polar surface area (TPSA) is 40.5 Å². The minimum absolute atomic E-state index is 0.0538. The SMILES string of the molecule is C[C@H](CO)[C@H](O)C1(Sc2ccccc2)CCCCC1. The van der Waals surface area contributed by atoms with Gasteiger partial charge in [0, 0.05) is 22.2 Å². The van der Waals surface area contributed by atoms with Crippen LogP contribution in [-0.4, -0.2) is 27.7 Å². The third-order valence-corrected chi connectivity index (χ3v) is 5.69. The van der Waals surface area contributed by atoms with Crippen LogP contribution in [0.4, 0.5) is 0 Å². The minimum atomic E-state index is -0.442. The van der Waals surface area contributed by atoms with Crippen molar-refractivity contribution < 1.29 is 10.2 Å². The fourth-order valence-corrected chi connectivity index (χ4v) is 4.56. The summed E-state index contributed by atoms with van der Waals surface area (Å²) in [6.45, 7) is 1.99. The van der Waals surface area contributed by atoms with E-state index in [1.54, 1.807) is 11.8 Å². The predicted molar refractivity (Wildman–Crippen MR) is 80.4 cm³/mol. The second-order valence-electron chi connectivity index (χ2n) is 5.65. The van der Waals surface area contributed by atoms with Crippen LogP contribution in [0.5, 0.6) is 0 Å². The lowest BCUT2D eigenvalue weighted by Gasteiger charge is -2.42. The Bertz CT molecular complexity index is 374. The molecular formula is C16H24O2S. The van der Waals surface area contributed by atoms with Gasteiger partial charge >= 0.3 is 0 Å². The highest BCUT2D eigenvalue weighted by atomic mass is 32.2. The number of thioether (sulfide) groups is 1. The molecule has 1 aromatic rings. The van der Waals surface area contributed by atoms with Gasteiger partial charge in [0.1, 0.15) is 0 Å². The van der Waals surface area contributed by atoms with E-state index in [9.17, 15) is 10.2 Å². The van der Waals surface area contributed by atoms with Crippen molar-refractivity contribution in [1.29, 1.82) is 0 Å². The van der Waals surface area contributed by atoms with Crippen LogP contribution in [0.3, 0.4) is 0 Å². The van der Waals surface area contributed by atoms with Crippen molar-refractivity contribution in [2.24, 2.45) is 5.92 Å². The van der Waals surface area contributed by atoms with Crippen LogP contribution in [0, 0.1) is 5.92 Å². The highest BCUT2D eigenvalue weighted by Crippen LogP contribution is 2.47. The van der Waals surface area contributed by atoms with Crippen LogP contribution >= 0.6 is 11.8 Å². The Morgan fingerprint density at radius 1 is 1.16 bits per heavy atom. The second-order valence-corrected chi connectivity index (χ2v) is 7.13. The van der Waals surface area contributed by atoms with E-state index in [1.165, 1.54) is 24.2 Å². The first-order valence-electron chi connectivity index (χ1n) is 7.21. The average Bonchev–Trinajstić information content (AvgIpc) is 2.47. The van der Waals surface area contributed by atoms with Crippen LogP contribution in [0.1, 0.15) is 39.0 Å². The van der Waals surface area contributed by atoms with E-state index >= 15 is 0 Å². The van der Waals surface area contributed by atoms with E-state index in [2.05, 4.69) is 12.1 Å². The number of rotatable bonds is 5. The highest BCUT2D eigenvalue weighted by molar-refractivity contribution is 8.00. The molecule has 0 amide bonds. The van der Waals surface area contributed by atoms with Gasteiger partial charge in [0.15, 0.2) is 0 Å². The van der Waals surface area contributed by atoms with Crippen molar-refractivity contribution in [3.8, 4) is 0 Å². The third-order valence-electron chi connectivity index (χ3n) is 4.13. The molecule has 3 heteroatoms. The highest BCUT2D eigenvalue weighted by Gasteiger charge is 2.42. The molecule has 1 aliphatic rings. The van der Waals surface area contributed by atoms with Crippen molar-refractivity contribution >= 4 is 11.8 Å². The van der Waals surface area contributed by atoms with Gasteiger partial charge in [0.2, 0.25) is 0 Å². The zero-order valence-corrected chi connectivity index (χ0v) is 12.4. The van der Waals surface area contributed by atoms with Gasteiger partial charge in [-0.2, -0.15) is 0 Å². The molecule has 0 spiro atoms. The molecule has 0 unspecified atom stereocenters. The van der Waals surface area contributed by atoms with Crippen LogP contribution in [0.25, 0.3) is 0 Å². The second kappa shape index (κ2) is 6.78. The van der Waals surface area contributed by atoms with Gasteiger partial charge in [-0.05, 0) is 25.0 Å². The average molecular weight is 280 g/mol. The van der Waals surface area contributed by atoms with E-state index in [0.29, 0.717) is 0 Å². The molecular weight excluding hydrogens is 256 g/mol. The van der Waals surface area contributed by atoms with E-state index < -0.39 is 6.10 Å². The number of hydrogen-bond acceptors (Lipinski definition) is 3. The lowest BCUT2D eigenvalue weighted by molar-refractivity contribution is 0.0333. The van der Waals surface area contributed by atoms with Crippen molar-refractivity contribution in [1.82, 2.24) is 0 Å². The van der Waals surface area contributed by atoms with Crippen molar-refractivity contribution in [2.45, 2.75) is 54.8 Å². The van der Waals surface area contributed by atoms with E-state index in [1.807, 2.05) is 25.1 Å². The monoisotopic (exact) mass is 280 g/mol. The van der Waals surface area contributed by atoms with Gasteiger partial charge in [-0.3, -0.25) is 0 Å². The Labute approximate surface area is 120 Å². The largest absolute Gasteiger partial charge is 0.396 e. The van der Waals surface area contributed by atoms with Crippen molar-refractivity contribution in [3.05, 3.63) is 30.3 Å². The van der Waals surface area contributed by atoms with Crippen molar-refractivity contribution in [3.63, 3.8) is 0 Å². The first-order valence-corrected chi connectivity index (χ1v) is 8.02.